The van der Waals surface area contributed by atoms with Gasteiger partial charge in [-0.1, -0.05) is 11.6 Å². The standard InChI is InChI=1S/C11H13ClN4/c1-8-9(7-15-16(8)2)6-14-10-3-4-13-11(12)5-10/h3-5,7H,6H2,1-2H3,(H,13,14). The van der Waals surface area contributed by atoms with Crippen molar-refractivity contribution >= 4 is 17.3 Å². The van der Waals surface area contributed by atoms with Crippen molar-refractivity contribution < 1.29 is 0 Å². The average molecular weight is 237 g/mol. The summed E-state index contributed by atoms with van der Waals surface area (Å²) in [5.74, 6) is 0. The van der Waals surface area contributed by atoms with Gasteiger partial charge in [0.25, 0.3) is 0 Å². The van der Waals surface area contributed by atoms with Crippen molar-refractivity contribution in [3.63, 3.8) is 0 Å². The van der Waals surface area contributed by atoms with Crippen molar-refractivity contribution in [1.82, 2.24) is 14.8 Å². The number of hydrogen-bond acceptors (Lipinski definition) is 3. The van der Waals surface area contributed by atoms with Gasteiger partial charge in [0.15, 0.2) is 0 Å². The second-order valence-corrected chi connectivity index (χ2v) is 3.99. The lowest BCUT2D eigenvalue weighted by Crippen LogP contribution is -2.01. The Morgan fingerprint density at radius 2 is 2.31 bits per heavy atom. The molecule has 84 valence electrons. The van der Waals surface area contributed by atoms with E-state index >= 15 is 0 Å². The largest absolute Gasteiger partial charge is 0.381 e. The van der Waals surface area contributed by atoms with Crippen LogP contribution < -0.4 is 5.32 Å². The molecule has 0 spiro atoms. The first-order valence-corrected chi connectivity index (χ1v) is 5.37. The molecular weight excluding hydrogens is 224 g/mol. The summed E-state index contributed by atoms with van der Waals surface area (Å²) in [4.78, 5) is 3.93. The van der Waals surface area contributed by atoms with Gasteiger partial charge in [-0.3, -0.25) is 4.68 Å². The molecule has 0 unspecified atom stereocenters. The number of nitrogens with zero attached hydrogens (tertiary/aromatic N) is 3. The number of anilines is 1. The van der Waals surface area contributed by atoms with Crippen LogP contribution in [-0.2, 0) is 13.6 Å². The van der Waals surface area contributed by atoms with Gasteiger partial charge in [0, 0.05) is 36.7 Å². The molecular formula is C11H13ClN4. The lowest BCUT2D eigenvalue weighted by atomic mass is 10.2. The minimum atomic E-state index is 0.493. The maximum absolute atomic E-state index is 5.79. The van der Waals surface area contributed by atoms with Gasteiger partial charge in [-0.05, 0) is 19.1 Å². The molecule has 0 saturated carbocycles. The van der Waals surface area contributed by atoms with E-state index in [0.29, 0.717) is 5.15 Å². The molecule has 2 aromatic rings. The van der Waals surface area contributed by atoms with E-state index in [1.807, 2.05) is 30.9 Å². The minimum absolute atomic E-state index is 0.493. The number of aryl methyl sites for hydroxylation is 1. The van der Waals surface area contributed by atoms with Gasteiger partial charge < -0.3 is 5.32 Å². The van der Waals surface area contributed by atoms with Crippen LogP contribution in [-0.4, -0.2) is 14.8 Å². The van der Waals surface area contributed by atoms with Gasteiger partial charge in [0.05, 0.1) is 6.20 Å². The fourth-order valence-corrected chi connectivity index (χ4v) is 1.60. The number of halogens is 1. The number of pyridine rings is 1. The van der Waals surface area contributed by atoms with Gasteiger partial charge >= 0.3 is 0 Å². The topological polar surface area (TPSA) is 42.7 Å². The van der Waals surface area contributed by atoms with Crippen molar-refractivity contribution in [1.29, 1.82) is 0 Å². The number of aromatic nitrogens is 3. The first-order valence-electron chi connectivity index (χ1n) is 4.99. The van der Waals surface area contributed by atoms with E-state index in [1.165, 1.54) is 5.56 Å². The van der Waals surface area contributed by atoms with E-state index in [0.717, 1.165) is 17.9 Å². The molecule has 0 atom stereocenters. The van der Waals surface area contributed by atoms with Crippen molar-refractivity contribution in [2.75, 3.05) is 5.32 Å². The summed E-state index contributed by atoms with van der Waals surface area (Å²) in [6.07, 6.45) is 3.55. The van der Waals surface area contributed by atoms with Crippen LogP contribution in [0.1, 0.15) is 11.3 Å². The second-order valence-electron chi connectivity index (χ2n) is 3.60. The summed E-state index contributed by atoms with van der Waals surface area (Å²) in [6.45, 7) is 2.78. The Hall–Kier alpha value is -1.55. The molecule has 0 amide bonds. The van der Waals surface area contributed by atoms with Crippen molar-refractivity contribution in [2.24, 2.45) is 7.05 Å². The molecule has 0 aliphatic heterocycles. The Kier molecular flexibility index (Phi) is 3.10. The third kappa shape index (κ3) is 2.33. The van der Waals surface area contributed by atoms with Gasteiger partial charge in [-0.25, -0.2) is 4.98 Å². The molecule has 0 aromatic carbocycles. The van der Waals surface area contributed by atoms with E-state index in [9.17, 15) is 0 Å². The molecule has 0 bridgehead atoms. The second kappa shape index (κ2) is 4.53. The van der Waals surface area contributed by atoms with E-state index in [2.05, 4.69) is 15.4 Å². The molecule has 0 saturated heterocycles. The normalized spacial score (nSPS) is 10.4. The van der Waals surface area contributed by atoms with E-state index in [1.54, 1.807) is 12.3 Å². The maximum atomic E-state index is 5.79. The smallest absolute Gasteiger partial charge is 0.131 e. The molecule has 16 heavy (non-hydrogen) atoms. The van der Waals surface area contributed by atoms with Crippen LogP contribution in [0.4, 0.5) is 5.69 Å². The molecule has 0 aliphatic carbocycles. The van der Waals surface area contributed by atoms with Crippen LogP contribution in [0.25, 0.3) is 0 Å². The molecule has 2 heterocycles. The van der Waals surface area contributed by atoms with E-state index < -0.39 is 0 Å². The molecule has 2 rings (SSSR count). The zero-order valence-electron chi connectivity index (χ0n) is 9.24. The van der Waals surface area contributed by atoms with E-state index in [4.69, 9.17) is 11.6 Å². The number of nitrogens with one attached hydrogen (secondary N) is 1. The Morgan fingerprint density at radius 1 is 1.50 bits per heavy atom. The molecule has 2 aromatic heterocycles. The lowest BCUT2D eigenvalue weighted by molar-refractivity contribution is 0.738. The highest BCUT2D eigenvalue weighted by Crippen LogP contribution is 2.14. The van der Waals surface area contributed by atoms with Gasteiger partial charge in [0.1, 0.15) is 5.15 Å². The Bertz CT molecular complexity index is 492. The maximum Gasteiger partial charge on any atom is 0.131 e. The first-order chi connectivity index (χ1) is 7.66. The van der Waals surface area contributed by atoms with Crippen LogP contribution >= 0.6 is 11.6 Å². The monoisotopic (exact) mass is 236 g/mol. The Morgan fingerprint density at radius 3 is 2.94 bits per heavy atom. The Labute approximate surface area is 99.3 Å². The number of rotatable bonds is 3. The van der Waals surface area contributed by atoms with Crippen LogP contribution in [0.5, 0.6) is 0 Å². The summed E-state index contributed by atoms with van der Waals surface area (Å²) < 4.78 is 1.86. The third-order valence-electron chi connectivity index (χ3n) is 2.55. The summed E-state index contributed by atoms with van der Waals surface area (Å²) in [5.41, 5.74) is 3.30. The highest BCUT2D eigenvalue weighted by molar-refractivity contribution is 6.29. The predicted molar refractivity (Wildman–Crippen MR) is 64.5 cm³/mol. The average Bonchev–Trinajstić information content (AvgIpc) is 2.57. The molecule has 0 radical (unpaired) electrons. The quantitative estimate of drug-likeness (QED) is 0.833. The Balaban J connectivity index is 2.05. The molecule has 4 nitrogen and oxygen atoms in total. The zero-order chi connectivity index (χ0) is 11.5. The fraction of sp³-hybridized carbons (Fsp3) is 0.273. The van der Waals surface area contributed by atoms with Gasteiger partial charge in [-0.15, -0.1) is 0 Å². The minimum Gasteiger partial charge on any atom is -0.381 e. The van der Waals surface area contributed by atoms with Crippen molar-refractivity contribution in [2.45, 2.75) is 13.5 Å². The molecule has 5 heteroatoms. The summed E-state index contributed by atoms with van der Waals surface area (Å²) >= 11 is 5.79. The first kappa shape index (κ1) is 11.0. The predicted octanol–water partition coefficient (Wildman–Crippen LogP) is 2.39. The third-order valence-corrected chi connectivity index (χ3v) is 2.75. The van der Waals surface area contributed by atoms with Gasteiger partial charge in [0.2, 0.25) is 0 Å². The molecule has 0 fully saturated rings. The summed E-state index contributed by atoms with van der Waals surface area (Å²) in [6, 6.07) is 3.69. The van der Waals surface area contributed by atoms with Crippen molar-refractivity contribution in [3.05, 3.63) is 40.9 Å². The zero-order valence-corrected chi connectivity index (χ0v) is 9.99. The van der Waals surface area contributed by atoms with Crippen LogP contribution in [0, 0.1) is 6.92 Å². The van der Waals surface area contributed by atoms with E-state index in [-0.39, 0.29) is 0 Å². The SMILES string of the molecule is Cc1c(CNc2ccnc(Cl)c2)cnn1C. The number of hydrogen-bond donors (Lipinski definition) is 1. The molecule has 1 N–H and O–H groups in total. The fourth-order valence-electron chi connectivity index (χ4n) is 1.43. The highest BCUT2D eigenvalue weighted by Gasteiger charge is 2.03. The van der Waals surface area contributed by atoms with Gasteiger partial charge in [-0.2, -0.15) is 5.10 Å². The summed E-state index contributed by atoms with van der Waals surface area (Å²) in [5, 5.41) is 7.96. The van der Waals surface area contributed by atoms with Crippen molar-refractivity contribution in [3.8, 4) is 0 Å². The van der Waals surface area contributed by atoms with Crippen LogP contribution in [0.2, 0.25) is 5.15 Å². The van der Waals surface area contributed by atoms with Crippen LogP contribution in [0.3, 0.4) is 0 Å². The molecule has 0 aliphatic rings. The van der Waals surface area contributed by atoms with Crippen LogP contribution in [0.15, 0.2) is 24.5 Å². The summed E-state index contributed by atoms with van der Waals surface area (Å²) in [7, 11) is 1.93. The highest BCUT2D eigenvalue weighted by atomic mass is 35.5. The lowest BCUT2D eigenvalue weighted by Gasteiger charge is -2.05.